The number of halogens is 8. The lowest BCUT2D eigenvalue weighted by Gasteiger charge is -2.21. The van der Waals surface area contributed by atoms with Crippen LogP contribution in [0, 0.1) is 0 Å². The van der Waals surface area contributed by atoms with E-state index in [1.54, 1.807) is 0 Å². The minimum atomic E-state index is -6.50. The van der Waals surface area contributed by atoms with E-state index in [1.807, 2.05) is 0 Å². The van der Waals surface area contributed by atoms with E-state index in [4.69, 9.17) is 0 Å². The van der Waals surface area contributed by atoms with Gasteiger partial charge in [-0.2, -0.15) is 34.4 Å². The van der Waals surface area contributed by atoms with Crippen LogP contribution in [-0.4, -0.2) is 46.5 Å². The first kappa shape index (κ1) is 21.3. The van der Waals surface area contributed by atoms with Gasteiger partial charge in [0.2, 0.25) is 0 Å². The van der Waals surface area contributed by atoms with Crippen LogP contribution in [0.25, 0.3) is 0 Å². The molecule has 0 aromatic heterocycles. The summed E-state index contributed by atoms with van der Waals surface area (Å²) in [6.45, 7) is 0.109. The van der Waals surface area contributed by atoms with Gasteiger partial charge in [-0.3, -0.25) is 0 Å². The molecule has 134 valence electrons. The van der Waals surface area contributed by atoms with Gasteiger partial charge in [-0.25, -0.2) is 25.9 Å². The van der Waals surface area contributed by atoms with Crippen LogP contribution >= 0.6 is 0 Å². The van der Waals surface area contributed by atoms with Crippen molar-refractivity contribution in [3.8, 4) is 0 Å². The van der Waals surface area contributed by atoms with E-state index < -0.39 is 49.9 Å². The van der Waals surface area contributed by atoms with Crippen LogP contribution in [0.5, 0.6) is 0 Å². The third-order valence-electron chi connectivity index (χ3n) is 1.70. The normalized spacial score (nSPS) is 15.1. The summed E-state index contributed by atoms with van der Waals surface area (Å²) in [7, 11) is -13.0. The molecule has 22 heavy (non-hydrogen) atoms. The summed E-state index contributed by atoms with van der Waals surface area (Å²) in [5.74, 6) is 0. The molecule has 0 fully saturated rings. The highest BCUT2D eigenvalue weighted by Crippen LogP contribution is 2.34. The fraction of sp³-hybridized carbons (Fsp3) is 1.00. The molecule has 0 saturated heterocycles. The van der Waals surface area contributed by atoms with Gasteiger partial charge in [0.1, 0.15) is 0 Å². The molecule has 0 bridgehead atoms. The highest BCUT2D eigenvalue weighted by Gasteiger charge is 2.58. The number of alkyl halides is 8. The molecule has 0 amide bonds. The summed E-state index contributed by atoms with van der Waals surface area (Å²) >= 11 is 0. The molecule has 0 radical (unpaired) electrons. The standard InChI is InChI=1S/C6H6F8O6S2/c1-2(19-21(15,16)5(11,12)3(7)8)20-22(17,18)6(13,14)4(9)10/h2-4H,1H3. The zero-order valence-electron chi connectivity index (χ0n) is 10.0. The Bertz CT molecular complexity index is 532. The lowest BCUT2D eigenvalue weighted by Crippen LogP contribution is -2.43. The molecule has 0 spiro atoms. The minimum absolute atomic E-state index is 0.109. The van der Waals surface area contributed by atoms with E-state index in [9.17, 15) is 52.0 Å². The van der Waals surface area contributed by atoms with Gasteiger partial charge in [-0.15, -0.1) is 0 Å². The molecule has 0 N–H and O–H groups in total. The Morgan fingerprint density at radius 1 is 0.727 bits per heavy atom. The van der Waals surface area contributed by atoms with Crippen molar-refractivity contribution in [3.63, 3.8) is 0 Å². The number of hydrogen-bond donors (Lipinski definition) is 0. The van der Waals surface area contributed by atoms with Crippen molar-refractivity contribution in [2.24, 2.45) is 0 Å². The van der Waals surface area contributed by atoms with E-state index in [2.05, 4.69) is 8.37 Å². The Kier molecular flexibility index (Phi) is 6.19. The number of hydrogen-bond acceptors (Lipinski definition) is 6. The van der Waals surface area contributed by atoms with Gasteiger partial charge in [0.15, 0.2) is 6.29 Å². The molecule has 0 aromatic rings. The highest BCUT2D eigenvalue weighted by atomic mass is 32.2. The van der Waals surface area contributed by atoms with Crippen LogP contribution in [0.3, 0.4) is 0 Å². The molecule has 0 aliphatic rings. The fourth-order valence-electron chi connectivity index (χ4n) is 0.719. The maximum absolute atomic E-state index is 12.5. The minimum Gasteiger partial charge on any atom is -0.232 e. The zero-order valence-corrected chi connectivity index (χ0v) is 11.7. The van der Waals surface area contributed by atoms with Gasteiger partial charge in [-0.05, 0) is 6.92 Å². The topological polar surface area (TPSA) is 86.7 Å². The van der Waals surface area contributed by atoms with E-state index in [0.29, 0.717) is 0 Å². The first-order valence-corrected chi connectivity index (χ1v) is 7.48. The Morgan fingerprint density at radius 3 is 1.14 bits per heavy atom. The number of rotatable bonds is 8. The van der Waals surface area contributed by atoms with E-state index in [0.717, 1.165) is 0 Å². The molecule has 0 aliphatic carbocycles. The molecule has 0 aliphatic heterocycles. The van der Waals surface area contributed by atoms with E-state index >= 15 is 0 Å². The second-order valence-electron chi connectivity index (χ2n) is 3.39. The lowest BCUT2D eigenvalue weighted by molar-refractivity contribution is -0.0898. The molecular weight excluding hydrogens is 384 g/mol. The van der Waals surface area contributed by atoms with Gasteiger partial charge < -0.3 is 0 Å². The van der Waals surface area contributed by atoms with Crippen LogP contribution in [0.15, 0.2) is 0 Å². The summed E-state index contributed by atoms with van der Waals surface area (Å²) in [5.41, 5.74) is 0. The fourth-order valence-corrected chi connectivity index (χ4v) is 2.25. The summed E-state index contributed by atoms with van der Waals surface area (Å²) in [4.78, 5) is 0. The van der Waals surface area contributed by atoms with E-state index in [1.165, 1.54) is 0 Å². The Morgan fingerprint density at radius 2 is 0.955 bits per heavy atom. The van der Waals surface area contributed by atoms with Crippen LogP contribution in [0.4, 0.5) is 35.1 Å². The third-order valence-corrected chi connectivity index (χ3v) is 4.44. The molecule has 0 aromatic carbocycles. The van der Waals surface area contributed by atoms with Gasteiger partial charge >= 0.3 is 43.6 Å². The SMILES string of the molecule is CC(OS(=O)(=O)C(F)(F)C(F)F)OS(=O)(=O)C(F)(F)C(F)F. The van der Waals surface area contributed by atoms with Crippen LogP contribution in [-0.2, 0) is 28.6 Å². The lowest BCUT2D eigenvalue weighted by atomic mass is 10.7. The van der Waals surface area contributed by atoms with Crippen molar-refractivity contribution in [1.82, 2.24) is 0 Å². The average Bonchev–Trinajstić information content (AvgIpc) is 2.25. The van der Waals surface area contributed by atoms with Crippen molar-refractivity contribution < 1.29 is 60.3 Å². The maximum Gasteiger partial charge on any atom is 0.428 e. The molecule has 0 heterocycles. The molecule has 16 heteroatoms. The van der Waals surface area contributed by atoms with Crippen molar-refractivity contribution in [2.45, 2.75) is 36.6 Å². The maximum atomic E-state index is 12.5. The van der Waals surface area contributed by atoms with Gasteiger partial charge in [0.05, 0.1) is 0 Å². The largest absolute Gasteiger partial charge is 0.428 e. The Labute approximate surface area is 118 Å². The van der Waals surface area contributed by atoms with Crippen LogP contribution in [0.1, 0.15) is 6.92 Å². The van der Waals surface area contributed by atoms with Crippen molar-refractivity contribution >= 4 is 20.2 Å². The van der Waals surface area contributed by atoms with Gasteiger partial charge in [0.25, 0.3) is 0 Å². The van der Waals surface area contributed by atoms with Crippen molar-refractivity contribution in [2.75, 3.05) is 0 Å². The Hall–Kier alpha value is -0.740. The molecule has 0 rings (SSSR count). The van der Waals surface area contributed by atoms with Gasteiger partial charge in [-0.1, -0.05) is 0 Å². The third kappa shape index (κ3) is 4.17. The Balaban J connectivity index is 5.25. The summed E-state index contributed by atoms with van der Waals surface area (Å²) < 4.78 is 147. The van der Waals surface area contributed by atoms with Gasteiger partial charge in [0, 0.05) is 0 Å². The zero-order chi connectivity index (χ0) is 18.1. The molecule has 0 unspecified atom stereocenters. The van der Waals surface area contributed by atoms with Crippen molar-refractivity contribution in [3.05, 3.63) is 0 Å². The predicted molar refractivity (Wildman–Crippen MR) is 51.4 cm³/mol. The predicted octanol–water partition coefficient (Wildman–Crippen LogP) is 1.74. The second kappa shape index (κ2) is 6.40. The average molecular weight is 390 g/mol. The first-order valence-electron chi connectivity index (χ1n) is 4.66. The van der Waals surface area contributed by atoms with Crippen LogP contribution in [0.2, 0.25) is 0 Å². The molecule has 0 saturated carbocycles. The summed E-state index contributed by atoms with van der Waals surface area (Å²) in [6.07, 6.45) is -12.6. The summed E-state index contributed by atoms with van der Waals surface area (Å²) in [5, 5.41) is -11.6. The molecule has 6 nitrogen and oxygen atoms in total. The molecular formula is C6H6F8O6S2. The van der Waals surface area contributed by atoms with Crippen molar-refractivity contribution in [1.29, 1.82) is 0 Å². The van der Waals surface area contributed by atoms with E-state index in [-0.39, 0.29) is 6.92 Å². The quantitative estimate of drug-likeness (QED) is 0.357. The smallest absolute Gasteiger partial charge is 0.232 e. The highest BCUT2D eigenvalue weighted by molar-refractivity contribution is 7.88. The second-order valence-corrected chi connectivity index (χ2v) is 6.68. The van der Waals surface area contributed by atoms with Crippen LogP contribution < -0.4 is 0 Å². The summed E-state index contributed by atoms with van der Waals surface area (Å²) in [6, 6.07) is 0. The first-order chi connectivity index (χ1) is 9.49. The molecule has 0 atom stereocenters. The monoisotopic (exact) mass is 390 g/mol.